The highest BCUT2D eigenvalue weighted by Gasteiger charge is 2.21. The number of carbonyl (C=O) groups is 1. The zero-order valence-electron chi connectivity index (χ0n) is 15.5. The number of aromatic nitrogens is 3. The number of nitrogens with zero attached hydrogens (tertiary/aromatic N) is 3. The van der Waals surface area contributed by atoms with Crippen molar-refractivity contribution in [3.63, 3.8) is 0 Å². The molecule has 3 heterocycles. The lowest BCUT2D eigenvalue weighted by atomic mass is 10.2. The molecule has 0 radical (unpaired) electrons. The van der Waals surface area contributed by atoms with Gasteiger partial charge in [0.05, 0.1) is 13.3 Å². The fourth-order valence-electron chi connectivity index (χ4n) is 2.73. The molecule has 3 aromatic heterocycles. The minimum Gasteiger partial charge on any atom is -0.465 e. The molecule has 8 nitrogen and oxygen atoms in total. The number of hydrogen-bond donors (Lipinski definition) is 2. The number of rotatable bonds is 5. The van der Waals surface area contributed by atoms with E-state index in [4.69, 9.17) is 21.4 Å². The molecule has 0 aliphatic heterocycles. The SMILES string of the molecule is COC(=O)c1cc(-c2cnc3ccc(NC(=S)NCC4CC4)nc3n2)oc1C. The summed E-state index contributed by atoms with van der Waals surface area (Å²) in [5.41, 5.74) is 1.92. The number of hydrogen-bond acceptors (Lipinski definition) is 7. The van der Waals surface area contributed by atoms with Gasteiger partial charge in [-0.2, -0.15) is 0 Å². The second-order valence-electron chi connectivity index (χ2n) is 6.64. The molecule has 1 aliphatic carbocycles. The maximum atomic E-state index is 11.8. The molecule has 1 fully saturated rings. The first-order valence-electron chi connectivity index (χ1n) is 8.91. The molecule has 0 aromatic carbocycles. The first kappa shape index (κ1) is 18.3. The maximum Gasteiger partial charge on any atom is 0.341 e. The fraction of sp³-hybridized carbons (Fsp3) is 0.316. The maximum absolute atomic E-state index is 11.8. The van der Waals surface area contributed by atoms with Crippen LogP contribution in [0, 0.1) is 12.8 Å². The van der Waals surface area contributed by atoms with E-state index in [2.05, 4.69) is 25.6 Å². The summed E-state index contributed by atoms with van der Waals surface area (Å²) in [6.07, 6.45) is 4.09. The van der Waals surface area contributed by atoms with Crippen LogP contribution in [0.5, 0.6) is 0 Å². The van der Waals surface area contributed by atoms with Crippen molar-refractivity contribution in [2.45, 2.75) is 19.8 Å². The molecular formula is C19H19N5O3S. The Morgan fingerprint density at radius 3 is 2.93 bits per heavy atom. The molecule has 2 N–H and O–H groups in total. The molecule has 0 spiro atoms. The van der Waals surface area contributed by atoms with E-state index in [-0.39, 0.29) is 0 Å². The van der Waals surface area contributed by atoms with Gasteiger partial charge in [-0.05, 0) is 50.0 Å². The van der Waals surface area contributed by atoms with Crippen molar-refractivity contribution in [2.24, 2.45) is 5.92 Å². The number of nitrogens with one attached hydrogen (secondary N) is 2. The number of ether oxygens (including phenoxy) is 1. The van der Waals surface area contributed by atoms with Gasteiger partial charge >= 0.3 is 5.97 Å². The summed E-state index contributed by atoms with van der Waals surface area (Å²) < 4.78 is 10.4. The van der Waals surface area contributed by atoms with Gasteiger partial charge in [-0.3, -0.25) is 4.98 Å². The van der Waals surface area contributed by atoms with Gasteiger partial charge in [0.15, 0.2) is 16.5 Å². The molecule has 9 heteroatoms. The van der Waals surface area contributed by atoms with Gasteiger partial charge in [-0.25, -0.2) is 14.8 Å². The summed E-state index contributed by atoms with van der Waals surface area (Å²) in [6.45, 7) is 2.57. The van der Waals surface area contributed by atoms with Gasteiger partial charge in [0.25, 0.3) is 0 Å². The van der Waals surface area contributed by atoms with Crippen LogP contribution >= 0.6 is 12.2 Å². The standard InChI is InChI=1S/C19H19N5O3S/c1-10-12(18(25)26-2)7-15(27-10)14-9-20-13-5-6-16(23-17(13)22-14)24-19(28)21-8-11-3-4-11/h5-7,9,11H,3-4,8H2,1-2H3,(H2,21,22,23,24,28). The fourth-order valence-corrected chi connectivity index (χ4v) is 2.91. The van der Waals surface area contributed by atoms with E-state index in [0.29, 0.717) is 44.9 Å². The minimum atomic E-state index is -0.460. The van der Waals surface area contributed by atoms with Crippen LogP contribution in [-0.4, -0.2) is 39.7 Å². The molecule has 0 saturated heterocycles. The van der Waals surface area contributed by atoms with E-state index >= 15 is 0 Å². The van der Waals surface area contributed by atoms with Crippen LogP contribution in [0.3, 0.4) is 0 Å². The number of aryl methyl sites for hydroxylation is 1. The third-order valence-electron chi connectivity index (χ3n) is 4.47. The highest BCUT2D eigenvalue weighted by molar-refractivity contribution is 7.80. The molecule has 4 rings (SSSR count). The molecule has 0 bridgehead atoms. The molecule has 3 aromatic rings. The molecule has 1 aliphatic rings. The Morgan fingerprint density at radius 2 is 2.18 bits per heavy atom. The number of thiocarbonyl (C=S) groups is 1. The Kier molecular flexibility index (Phi) is 4.91. The number of furan rings is 1. The highest BCUT2D eigenvalue weighted by atomic mass is 32.1. The zero-order chi connectivity index (χ0) is 19.7. The molecule has 0 amide bonds. The quantitative estimate of drug-likeness (QED) is 0.497. The number of anilines is 1. The summed E-state index contributed by atoms with van der Waals surface area (Å²) in [5, 5.41) is 6.79. The van der Waals surface area contributed by atoms with Gasteiger partial charge in [0, 0.05) is 12.6 Å². The van der Waals surface area contributed by atoms with Gasteiger partial charge in [0.1, 0.15) is 28.4 Å². The zero-order valence-corrected chi connectivity index (χ0v) is 16.3. The van der Waals surface area contributed by atoms with Crippen LogP contribution in [0.15, 0.2) is 28.8 Å². The van der Waals surface area contributed by atoms with Crippen molar-refractivity contribution in [1.29, 1.82) is 0 Å². The lowest BCUT2D eigenvalue weighted by molar-refractivity contribution is 0.0599. The number of fused-ring (bicyclic) bond motifs is 1. The molecule has 1 saturated carbocycles. The summed E-state index contributed by atoms with van der Waals surface area (Å²) in [5.74, 6) is 1.73. The number of pyridine rings is 1. The monoisotopic (exact) mass is 397 g/mol. The smallest absolute Gasteiger partial charge is 0.341 e. The average molecular weight is 397 g/mol. The van der Waals surface area contributed by atoms with E-state index in [1.165, 1.54) is 20.0 Å². The molecule has 28 heavy (non-hydrogen) atoms. The molecule has 144 valence electrons. The van der Waals surface area contributed by atoms with Gasteiger partial charge in [-0.15, -0.1) is 0 Å². The second kappa shape index (κ2) is 7.51. The van der Waals surface area contributed by atoms with Crippen molar-refractivity contribution in [3.05, 3.63) is 35.7 Å². The molecular weight excluding hydrogens is 378 g/mol. The average Bonchev–Trinajstić information content (AvgIpc) is 3.45. The van der Waals surface area contributed by atoms with Crippen molar-refractivity contribution >= 4 is 40.3 Å². The topological polar surface area (TPSA) is 102 Å². The van der Waals surface area contributed by atoms with E-state index in [9.17, 15) is 4.79 Å². The van der Waals surface area contributed by atoms with E-state index in [0.717, 1.165) is 12.5 Å². The summed E-state index contributed by atoms with van der Waals surface area (Å²) >= 11 is 5.30. The van der Waals surface area contributed by atoms with Gasteiger partial charge in [0.2, 0.25) is 0 Å². The van der Waals surface area contributed by atoms with E-state index < -0.39 is 5.97 Å². The summed E-state index contributed by atoms with van der Waals surface area (Å²) in [6, 6.07) is 5.21. The Balaban J connectivity index is 1.57. The highest BCUT2D eigenvalue weighted by Crippen LogP contribution is 2.27. The summed E-state index contributed by atoms with van der Waals surface area (Å²) in [4.78, 5) is 25.1. The normalized spacial score (nSPS) is 13.4. The Labute approximate surface area is 166 Å². The first-order chi connectivity index (χ1) is 13.5. The van der Waals surface area contributed by atoms with Crippen LogP contribution in [-0.2, 0) is 4.74 Å². The predicted octanol–water partition coefficient (Wildman–Crippen LogP) is 3.08. The third kappa shape index (κ3) is 3.94. The largest absolute Gasteiger partial charge is 0.465 e. The van der Waals surface area contributed by atoms with Crippen LogP contribution in [0.4, 0.5) is 5.82 Å². The first-order valence-corrected chi connectivity index (χ1v) is 9.32. The van der Waals surface area contributed by atoms with Crippen molar-refractivity contribution < 1.29 is 13.9 Å². The number of carbonyl (C=O) groups excluding carboxylic acids is 1. The van der Waals surface area contributed by atoms with Crippen LogP contribution in [0.2, 0.25) is 0 Å². The van der Waals surface area contributed by atoms with Crippen LogP contribution < -0.4 is 10.6 Å². The third-order valence-corrected chi connectivity index (χ3v) is 4.72. The predicted molar refractivity (Wildman–Crippen MR) is 108 cm³/mol. The molecule has 0 unspecified atom stereocenters. The minimum absolute atomic E-state index is 0.356. The summed E-state index contributed by atoms with van der Waals surface area (Å²) in [7, 11) is 1.33. The van der Waals surface area contributed by atoms with Gasteiger partial charge in [-0.1, -0.05) is 0 Å². The Morgan fingerprint density at radius 1 is 1.36 bits per heavy atom. The lowest BCUT2D eigenvalue weighted by Gasteiger charge is -2.09. The number of methoxy groups -OCH3 is 1. The van der Waals surface area contributed by atoms with Crippen LogP contribution in [0.1, 0.15) is 29.0 Å². The lowest BCUT2D eigenvalue weighted by Crippen LogP contribution is -2.30. The molecule has 0 atom stereocenters. The second-order valence-corrected chi connectivity index (χ2v) is 7.05. The van der Waals surface area contributed by atoms with E-state index in [1.54, 1.807) is 25.3 Å². The van der Waals surface area contributed by atoms with Crippen molar-refractivity contribution in [2.75, 3.05) is 19.0 Å². The van der Waals surface area contributed by atoms with Crippen molar-refractivity contribution in [3.8, 4) is 11.5 Å². The van der Waals surface area contributed by atoms with Gasteiger partial charge < -0.3 is 19.8 Å². The Bertz CT molecular complexity index is 1060. The Hall–Kier alpha value is -3.07. The number of esters is 1. The van der Waals surface area contributed by atoms with Crippen molar-refractivity contribution in [1.82, 2.24) is 20.3 Å². The van der Waals surface area contributed by atoms with Crippen LogP contribution in [0.25, 0.3) is 22.6 Å². The van der Waals surface area contributed by atoms with E-state index in [1.807, 2.05) is 6.07 Å².